The SMILES string of the molecule is O=C1N(Cc2ccc(F)cc2)c2ccccc2C12COc1cc3c(cc12)C=CC1(CCC1)O3. The first-order valence-corrected chi connectivity index (χ1v) is 11.4. The third kappa shape index (κ3) is 2.53. The minimum Gasteiger partial charge on any atom is -0.491 e. The van der Waals surface area contributed by atoms with Crippen molar-refractivity contribution in [1.82, 2.24) is 0 Å². The number of fused-ring (bicyclic) bond motifs is 5. The Hall–Kier alpha value is -3.60. The molecule has 0 saturated heterocycles. The quantitative estimate of drug-likeness (QED) is 0.538. The maximum absolute atomic E-state index is 14.1. The second kappa shape index (κ2) is 6.47. The lowest BCUT2D eigenvalue weighted by Crippen LogP contribution is -2.43. The lowest BCUT2D eigenvalue weighted by atomic mass is 9.75. The molecule has 3 heterocycles. The Kier molecular flexibility index (Phi) is 3.71. The van der Waals surface area contributed by atoms with E-state index < -0.39 is 5.41 Å². The number of carbonyl (C=O) groups is 1. The molecule has 7 rings (SSSR count). The zero-order valence-corrected chi connectivity index (χ0v) is 18.0. The highest BCUT2D eigenvalue weighted by Crippen LogP contribution is 2.55. The summed E-state index contributed by atoms with van der Waals surface area (Å²) in [5.74, 6) is 1.24. The van der Waals surface area contributed by atoms with Crippen LogP contribution in [0.25, 0.3) is 6.08 Å². The van der Waals surface area contributed by atoms with Crippen molar-refractivity contribution in [2.45, 2.75) is 36.8 Å². The molecule has 1 aliphatic carbocycles. The van der Waals surface area contributed by atoms with Crippen LogP contribution in [-0.4, -0.2) is 18.1 Å². The van der Waals surface area contributed by atoms with Gasteiger partial charge in [-0.05, 0) is 60.7 Å². The van der Waals surface area contributed by atoms with Crippen LogP contribution in [0.3, 0.4) is 0 Å². The summed E-state index contributed by atoms with van der Waals surface area (Å²) in [5, 5.41) is 0. The smallest absolute Gasteiger partial charge is 0.246 e. The Bertz CT molecular complexity index is 1340. The Morgan fingerprint density at radius 3 is 2.58 bits per heavy atom. The fourth-order valence-electron chi connectivity index (χ4n) is 5.66. The van der Waals surface area contributed by atoms with E-state index in [-0.39, 0.29) is 23.9 Å². The van der Waals surface area contributed by atoms with Gasteiger partial charge in [0.15, 0.2) is 0 Å². The van der Waals surface area contributed by atoms with Crippen LogP contribution in [0.5, 0.6) is 11.5 Å². The van der Waals surface area contributed by atoms with E-state index in [4.69, 9.17) is 9.47 Å². The van der Waals surface area contributed by atoms with Crippen molar-refractivity contribution < 1.29 is 18.7 Å². The Labute approximate surface area is 191 Å². The van der Waals surface area contributed by atoms with E-state index >= 15 is 0 Å². The summed E-state index contributed by atoms with van der Waals surface area (Å²) in [5.41, 5.74) is 3.52. The van der Waals surface area contributed by atoms with Gasteiger partial charge in [0, 0.05) is 22.9 Å². The van der Waals surface area contributed by atoms with Crippen molar-refractivity contribution >= 4 is 17.7 Å². The van der Waals surface area contributed by atoms with Crippen LogP contribution in [0.4, 0.5) is 10.1 Å². The number of hydrogen-bond donors (Lipinski definition) is 0. The van der Waals surface area contributed by atoms with Crippen LogP contribution in [0.15, 0.2) is 66.7 Å². The van der Waals surface area contributed by atoms with Crippen LogP contribution < -0.4 is 14.4 Å². The Morgan fingerprint density at radius 2 is 1.79 bits per heavy atom. The number of carbonyl (C=O) groups excluding carboxylic acids is 1. The maximum atomic E-state index is 14.1. The molecule has 1 fully saturated rings. The standard InChI is InChI=1S/C28H22FNO3/c29-20-8-6-18(7-9-20)16-30-23-5-2-1-4-21(23)28(26(30)31)17-32-25-15-24-19(14-22(25)28)10-13-27(33-24)11-3-12-27/h1-2,4-10,13-15H,3,11-12,16-17H2. The van der Waals surface area contributed by atoms with Gasteiger partial charge in [0.05, 0.1) is 6.54 Å². The van der Waals surface area contributed by atoms with Crippen molar-refractivity contribution in [3.63, 3.8) is 0 Å². The molecule has 3 aromatic carbocycles. The van der Waals surface area contributed by atoms with Crippen LogP contribution in [0.2, 0.25) is 0 Å². The number of nitrogens with zero attached hydrogens (tertiary/aromatic N) is 1. The third-order valence-corrected chi connectivity index (χ3v) is 7.61. The number of anilines is 1. The van der Waals surface area contributed by atoms with Crippen molar-refractivity contribution in [2.24, 2.45) is 0 Å². The molecule has 1 amide bonds. The average molecular weight is 439 g/mol. The van der Waals surface area contributed by atoms with E-state index in [1.807, 2.05) is 30.3 Å². The fourth-order valence-corrected chi connectivity index (χ4v) is 5.66. The second-order valence-electron chi connectivity index (χ2n) is 9.47. The number of halogens is 1. The summed E-state index contributed by atoms with van der Waals surface area (Å²) >= 11 is 0. The molecule has 0 N–H and O–H groups in total. The zero-order chi connectivity index (χ0) is 22.2. The normalized spacial score (nSPS) is 23.1. The van der Waals surface area contributed by atoms with Crippen molar-refractivity contribution in [3.8, 4) is 11.5 Å². The molecule has 5 heteroatoms. The lowest BCUT2D eigenvalue weighted by molar-refractivity contribution is -0.122. The lowest BCUT2D eigenvalue weighted by Gasteiger charge is -2.42. The largest absolute Gasteiger partial charge is 0.491 e. The summed E-state index contributed by atoms with van der Waals surface area (Å²) in [4.78, 5) is 15.9. The monoisotopic (exact) mass is 439 g/mol. The fraction of sp³-hybridized carbons (Fsp3) is 0.250. The first-order valence-electron chi connectivity index (χ1n) is 11.4. The Balaban J connectivity index is 1.33. The van der Waals surface area contributed by atoms with Gasteiger partial charge in [-0.1, -0.05) is 36.4 Å². The van der Waals surface area contributed by atoms with Gasteiger partial charge in [0.2, 0.25) is 5.91 Å². The molecule has 4 aliphatic rings. The molecule has 1 atom stereocenters. The molecular weight excluding hydrogens is 417 g/mol. The first kappa shape index (κ1) is 18.9. The van der Waals surface area contributed by atoms with E-state index in [2.05, 4.69) is 18.2 Å². The van der Waals surface area contributed by atoms with E-state index in [0.29, 0.717) is 12.3 Å². The highest BCUT2D eigenvalue weighted by atomic mass is 19.1. The van der Waals surface area contributed by atoms with Crippen molar-refractivity contribution in [2.75, 3.05) is 11.5 Å². The Morgan fingerprint density at radius 1 is 0.970 bits per heavy atom. The topological polar surface area (TPSA) is 38.8 Å². The molecule has 0 radical (unpaired) electrons. The minimum atomic E-state index is -0.888. The molecule has 4 nitrogen and oxygen atoms in total. The first-order chi connectivity index (χ1) is 16.1. The van der Waals surface area contributed by atoms with E-state index in [9.17, 15) is 9.18 Å². The zero-order valence-electron chi connectivity index (χ0n) is 18.0. The van der Waals surface area contributed by atoms with Gasteiger partial charge in [0.1, 0.15) is 34.9 Å². The number of amides is 1. The molecule has 1 saturated carbocycles. The summed E-state index contributed by atoms with van der Waals surface area (Å²) in [7, 11) is 0. The predicted octanol–water partition coefficient (Wildman–Crippen LogP) is 5.38. The molecular formula is C28H22FNO3. The van der Waals surface area contributed by atoms with Gasteiger partial charge in [-0.3, -0.25) is 4.79 Å². The molecule has 0 bridgehead atoms. The van der Waals surface area contributed by atoms with Crippen molar-refractivity contribution in [1.29, 1.82) is 0 Å². The second-order valence-corrected chi connectivity index (χ2v) is 9.47. The van der Waals surface area contributed by atoms with Crippen LogP contribution >= 0.6 is 0 Å². The minimum absolute atomic E-state index is 0.0112. The molecule has 164 valence electrons. The molecule has 1 unspecified atom stereocenters. The number of ether oxygens (including phenoxy) is 2. The van der Waals surface area contributed by atoms with E-state index in [1.165, 1.54) is 18.6 Å². The van der Waals surface area contributed by atoms with Gasteiger partial charge in [0.25, 0.3) is 0 Å². The van der Waals surface area contributed by atoms with Crippen LogP contribution in [0, 0.1) is 5.82 Å². The van der Waals surface area contributed by atoms with Crippen LogP contribution in [0.1, 0.15) is 41.5 Å². The van der Waals surface area contributed by atoms with Gasteiger partial charge < -0.3 is 14.4 Å². The highest BCUT2D eigenvalue weighted by Gasteiger charge is 2.57. The molecule has 3 aromatic rings. The number of para-hydroxylation sites is 1. The predicted molar refractivity (Wildman–Crippen MR) is 123 cm³/mol. The summed E-state index contributed by atoms with van der Waals surface area (Å²) in [6.07, 6.45) is 7.55. The number of benzene rings is 3. The summed E-state index contributed by atoms with van der Waals surface area (Å²) < 4.78 is 25.9. The highest BCUT2D eigenvalue weighted by molar-refractivity contribution is 6.11. The summed E-state index contributed by atoms with van der Waals surface area (Å²) in [6.45, 7) is 0.638. The molecule has 2 spiro atoms. The average Bonchev–Trinajstić information content (AvgIpc) is 3.30. The molecule has 0 aromatic heterocycles. The van der Waals surface area contributed by atoms with Gasteiger partial charge in [-0.15, -0.1) is 0 Å². The van der Waals surface area contributed by atoms with E-state index in [0.717, 1.165) is 46.5 Å². The number of hydrogen-bond acceptors (Lipinski definition) is 3. The number of rotatable bonds is 2. The van der Waals surface area contributed by atoms with Crippen LogP contribution in [-0.2, 0) is 16.8 Å². The van der Waals surface area contributed by atoms with Crippen molar-refractivity contribution in [3.05, 3.63) is 94.8 Å². The van der Waals surface area contributed by atoms with E-state index in [1.54, 1.807) is 17.0 Å². The van der Waals surface area contributed by atoms with Gasteiger partial charge in [-0.2, -0.15) is 0 Å². The molecule has 3 aliphatic heterocycles. The maximum Gasteiger partial charge on any atom is 0.246 e. The van der Waals surface area contributed by atoms with Gasteiger partial charge in [-0.25, -0.2) is 4.39 Å². The summed E-state index contributed by atoms with van der Waals surface area (Å²) in [6, 6.07) is 18.2. The van der Waals surface area contributed by atoms with Gasteiger partial charge >= 0.3 is 0 Å². The third-order valence-electron chi connectivity index (χ3n) is 7.61. The molecule has 33 heavy (non-hydrogen) atoms.